The van der Waals surface area contributed by atoms with Gasteiger partial charge in [-0.2, -0.15) is 0 Å². The fraction of sp³-hybridized carbons (Fsp3) is 0.308. The molecule has 16 heavy (non-hydrogen) atoms. The SMILES string of the molecule is C[C@H]1Cc2[nH]cnc2[C@@H](c2ccccc2)N1. The lowest BCUT2D eigenvalue weighted by atomic mass is 9.95. The Morgan fingerprint density at radius 3 is 2.88 bits per heavy atom. The van der Waals surface area contributed by atoms with Gasteiger partial charge in [0.2, 0.25) is 0 Å². The summed E-state index contributed by atoms with van der Waals surface area (Å²) in [5.41, 5.74) is 3.69. The largest absolute Gasteiger partial charge is 0.348 e. The number of hydrogen-bond donors (Lipinski definition) is 2. The molecule has 0 radical (unpaired) electrons. The molecule has 1 aromatic carbocycles. The maximum atomic E-state index is 4.43. The Labute approximate surface area is 94.9 Å². The Morgan fingerprint density at radius 1 is 1.25 bits per heavy atom. The molecule has 1 aliphatic heterocycles. The molecular formula is C13H15N3. The first-order valence-electron chi connectivity index (χ1n) is 5.68. The van der Waals surface area contributed by atoms with Crippen molar-refractivity contribution in [3.63, 3.8) is 0 Å². The van der Waals surface area contributed by atoms with Gasteiger partial charge >= 0.3 is 0 Å². The van der Waals surface area contributed by atoms with Crippen molar-refractivity contribution in [2.75, 3.05) is 0 Å². The summed E-state index contributed by atoms with van der Waals surface area (Å²) in [5, 5.41) is 3.59. The van der Waals surface area contributed by atoms with Crippen LogP contribution in [0.4, 0.5) is 0 Å². The van der Waals surface area contributed by atoms with Crippen LogP contribution in [0.2, 0.25) is 0 Å². The number of aromatic amines is 1. The minimum atomic E-state index is 0.228. The van der Waals surface area contributed by atoms with Gasteiger partial charge in [0.15, 0.2) is 0 Å². The average Bonchev–Trinajstić information content (AvgIpc) is 2.77. The summed E-state index contributed by atoms with van der Waals surface area (Å²) >= 11 is 0. The summed E-state index contributed by atoms with van der Waals surface area (Å²) < 4.78 is 0. The lowest BCUT2D eigenvalue weighted by molar-refractivity contribution is 0.454. The monoisotopic (exact) mass is 213 g/mol. The van der Waals surface area contributed by atoms with E-state index in [2.05, 4.69) is 46.5 Å². The van der Waals surface area contributed by atoms with E-state index in [0.29, 0.717) is 6.04 Å². The highest BCUT2D eigenvalue weighted by Crippen LogP contribution is 2.27. The summed E-state index contributed by atoms with van der Waals surface area (Å²) in [6, 6.07) is 11.2. The lowest BCUT2D eigenvalue weighted by Crippen LogP contribution is -2.38. The first-order valence-corrected chi connectivity index (χ1v) is 5.68. The van der Waals surface area contributed by atoms with Crippen LogP contribution in [0, 0.1) is 0 Å². The van der Waals surface area contributed by atoms with Crippen molar-refractivity contribution in [2.24, 2.45) is 0 Å². The molecule has 0 spiro atoms. The van der Waals surface area contributed by atoms with Crippen LogP contribution in [0.15, 0.2) is 36.7 Å². The van der Waals surface area contributed by atoms with Crippen molar-refractivity contribution >= 4 is 0 Å². The number of nitrogens with zero attached hydrogens (tertiary/aromatic N) is 1. The second kappa shape index (κ2) is 3.76. The third-order valence-corrected chi connectivity index (χ3v) is 3.12. The van der Waals surface area contributed by atoms with Crippen molar-refractivity contribution in [2.45, 2.75) is 25.4 Å². The maximum absolute atomic E-state index is 4.43. The number of imidazole rings is 1. The van der Waals surface area contributed by atoms with Crippen molar-refractivity contribution < 1.29 is 0 Å². The van der Waals surface area contributed by atoms with Crippen molar-refractivity contribution in [3.05, 3.63) is 53.6 Å². The minimum Gasteiger partial charge on any atom is -0.348 e. The van der Waals surface area contributed by atoms with Crippen LogP contribution < -0.4 is 5.32 Å². The van der Waals surface area contributed by atoms with Crippen molar-refractivity contribution in [1.82, 2.24) is 15.3 Å². The Bertz CT molecular complexity index is 475. The van der Waals surface area contributed by atoms with Gasteiger partial charge in [-0.05, 0) is 12.5 Å². The summed E-state index contributed by atoms with van der Waals surface area (Å²) in [6.07, 6.45) is 2.82. The molecule has 2 heterocycles. The van der Waals surface area contributed by atoms with E-state index in [0.717, 1.165) is 12.1 Å². The fourth-order valence-corrected chi connectivity index (χ4v) is 2.37. The van der Waals surface area contributed by atoms with E-state index in [1.54, 1.807) is 6.33 Å². The molecule has 3 nitrogen and oxygen atoms in total. The first kappa shape index (κ1) is 9.60. The van der Waals surface area contributed by atoms with E-state index < -0.39 is 0 Å². The Morgan fingerprint density at radius 2 is 2.06 bits per heavy atom. The van der Waals surface area contributed by atoms with E-state index in [9.17, 15) is 0 Å². The number of benzene rings is 1. The maximum Gasteiger partial charge on any atom is 0.0926 e. The smallest absolute Gasteiger partial charge is 0.0926 e. The highest BCUT2D eigenvalue weighted by Gasteiger charge is 2.26. The number of aromatic nitrogens is 2. The average molecular weight is 213 g/mol. The molecule has 2 aromatic rings. The molecule has 0 aliphatic carbocycles. The summed E-state index contributed by atoms with van der Waals surface area (Å²) in [6.45, 7) is 2.21. The molecule has 0 saturated heterocycles. The molecule has 2 atom stereocenters. The van der Waals surface area contributed by atoms with E-state index in [1.165, 1.54) is 11.3 Å². The summed E-state index contributed by atoms with van der Waals surface area (Å²) in [5.74, 6) is 0. The highest BCUT2D eigenvalue weighted by atomic mass is 15.0. The van der Waals surface area contributed by atoms with Gasteiger partial charge in [-0.15, -0.1) is 0 Å². The Hall–Kier alpha value is -1.61. The number of nitrogens with one attached hydrogen (secondary N) is 2. The van der Waals surface area contributed by atoms with Gasteiger partial charge in [0.1, 0.15) is 0 Å². The van der Waals surface area contributed by atoms with Gasteiger partial charge in [0.25, 0.3) is 0 Å². The molecule has 1 aromatic heterocycles. The molecule has 82 valence electrons. The second-order valence-corrected chi connectivity index (χ2v) is 4.38. The number of rotatable bonds is 1. The number of hydrogen-bond acceptors (Lipinski definition) is 2. The van der Waals surface area contributed by atoms with E-state index in [1.807, 2.05) is 6.07 Å². The van der Waals surface area contributed by atoms with Gasteiger partial charge in [-0.1, -0.05) is 30.3 Å². The second-order valence-electron chi connectivity index (χ2n) is 4.38. The van der Waals surface area contributed by atoms with E-state index >= 15 is 0 Å². The molecule has 0 amide bonds. The molecular weight excluding hydrogens is 198 g/mol. The van der Waals surface area contributed by atoms with Gasteiger partial charge in [-0.3, -0.25) is 0 Å². The zero-order chi connectivity index (χ0) is 11.0. The van der Waals surface area contributed by atoms with Gasteiger partial charge < -0.3 is 10.3 Å². The predicted octanol–water partition coefficient (Wildman–Crippen LogP) is 2.03. The third-order valence-electron chi connectivity index (χ3n) is 3.12. The van der Waals surface area contributed by atoms with Gasteiger partial charge in [0, 0.05) is 18.2 Å². The minimum absolute atomic E-state index is 0.228. The number of H-pyrrole nitrogens is 1. The van der Waals surface area contributed by atoms with Crippen LogP contribution in [0.5, 0.6) is 0 Å². The molecule has 0 unspecified atom stereocenters. The molecule has 0 saturated carbocycles. The third kappa shape index (κ3) is 1.53. The van der Waals surface area contributed by atoms with Gasteiger partial charge in [-0.25, -0.2) is 4.98 Å². The van der Waals surface area contributed by atoms with Crippen molar-refractivity contribution in [1.29, 1.82) is 0 Å². The Kier molecular flexibility index (Phi) is 2.26. The zero-order valence-corrected chi connectivity index (χ0v) is 9.27. The molecule has 3 rings (SSSR count). The standard InChI is InChI=1S/C13H15N3/c1-9-7-11-13(15-8-14-11)12(16-9)10-5-3-2-4-6-10/h2-6,8-9,12,16H,7H2,1H3,(H,14,15)/t9-,12+/m0/s1. The zero-order valence-electron chi connectivity index (χ0n) is 9.27. The van der Waals surface area contributed by atoms with Crippen LogP contribution >= 0.6 is 0 Å². The number of fused-ring (bicyclic) bond motifs is 1. The topological polar surface area (TPSA) is 40.7 Å². The van der Waals surface area contributed by atoms with Crippen LogP contribution in [-0.2, 0) is 6.42 Å². The molecule has 0 bridgehead atoms. The molecule has 0 fully saturated rings. The normalized spacial score (nSPS) is 24.1. The lowest BCUT2D eigenvalue weighted by Gasteiger charge is -2.28. The van der Waals surface area contributed by atoms with E-state index in [-0.39, 0.29) is 6.04 Å². The van der Waals surface area contributed by atoms with Crippen LogP contribution in [0.1, 0.15) is 29.9 Å². The van der Waals surface area contributed by atoms with Crippen LogP contribution in [0.25, 0.3) is 0 Å². The fourth-order valence-electron chi connectivity index (χ4n) is 2.37. The van der Waals surface area contributed by atoms with Crippen LogP contribution in [-0.4, -0.2) is 16.0 Å². The first-order chi connectivity index (χ1) is 7.84. The molecule has 1 aliphatic rings. The summed E-state index contributed by atoms with van der Waals surface area (Å²) in [7, 11) is 0. The quantitative estimate of drug-likeness (QED) is 0.761. The molecule has 3 heteroatoms. The summed E-state index contributed by atoms with van der Waals surface area (Å²) in [4.78, 5) is 7.67. The van der Waals surface area contributed by atoms with Crippen molar-refractivity contribution in [3.8, 4) is 0 Å². The highest BCUT2D eigenvalue weighted by molar-refractivity contribution is 5.32. The van der Waals surface area contributed by atoms with E-state index in [4.69, 9.17) is 0 Å². The van der Waals surface area contributed by atoms with Gasteiger partial charge in [0.05, 0.1) is 18.1 Å². The molecule has 2 N–H and O–H groups in total. The Balaban J connectivity index is 2.04. The predicted molar refractivity (Wildman–Crippen MR) is 63.2 cm³/mol. The van der Waals surface area contributed by atoms with Crippen LogP contribution in [0.3, 0.4) is 0 Å².